The maximum Gasteiger partial charge on any atom is 0.265 e. The lowest BCUT2D eigenvalue weighted by atomic mass is 10.2. The van der Waals surface area contributed by atoms with Crippen LogP contribution in [0.25, 0.3) is 17.2 Å². The minimum atomic E-state index is -0.329. The van der Waals surface area contributed by atoms with Crippen LogP contribution in [0.15, 0.2) is 61.4 Å². The van der Waals surface area contributed by atoms with E-state index in [1.54, 1.807) is 13.3 Å². The molecular formula is C20H22N3O2+. The number of amides is 1. The van der Waals surface area contributed by atoms with Gasteiger partial charge >= 0.3 is 0 Å². The molecule has 128 valence electrons. The highest BCUT2D eigenvalue weighted by Gasteiger charge is 2.24. The largest absolute Gasteiger partial charge is 0.497 e. The SMILES string of the molecule is C=Cn1c[n+]([C@@H](C)C(=O)NCc2ccc(OC)cc2)c2ccccc21. The van der Waals surface area contributed by atoms with E-state index in [4.69, 9.17) is 4.74 Å². The number of hydrogen-bond acceptors (Lipinski definition) is 2. The van der Waals surface area contributed by atoms with Crippen LogP contribution >= 0.6 is 0 Å². The Morgan fingerprint density at radius 1 is 1.28 bits per heavy atom. The molecule has 1 aromatic heterocycles. The number of carbonyl (C=O) groups excluding carboxylic acids is 1. The predicted octanol–water partition coefficient (Wildman–Crippen LogP) is 2.92. The summed E-state index contributed by atoms with van der Waals surface area (Å²) in [5, 5.41) is 2.99. The number of carbonyl (C=O) groups is 1. The molecular weight excluding hydrogens is 314 g/mol. The van der Waals surface area contributed by atoms with E-state index in [2.05, 4.69) is 11.9 Å². The highest BCUT2D eigenvalue weighted by atomic mass is 16.5. The number of rotatable bonds is 6. The first-order valence-corrected chi connectivity index (χ1v) is 8.18. The molecule has 5 heteroatoms. The van der Waals surface area contributed by atoms with E-state index in [1.807, 2.05) is 70.9 Å². The summed E-state index contributed by atoms with van der Waals surface area (Å²) in [4.78, 5) is 12.6. The first-order valence-electron chi connectivity index (χ1n) is 8.18. The van der Waals surface area contributed by atoms with Crippen molar-refractivity contribution in [3.8, 4) is 5.75 Å². The second kappa shape index (κ2) is 7.21. The summed E-state index contributed by atoms with van der Waals surface area (Å²) >= 11 is 0. The standard InChI is InChI=1S/C20H21N3O2/c1-4-22-14-23(19-8-6-5-7-18(19)22)15(2)20(24)21-13-16-9-11-17(25-3)12-10-16/h4-12,14-15H,1,13H2,2-3H3/p+1/t15-/m0/s1. The van der Waals surface area contributed by atoms with Crippen LogP contribution in [0.3, 0.4) is 0 Å². The van der Waals surface area contributed by atoms with Crippen LogP contribution in [0.1, 0.15) is 18.5 Å². The zero-order valence-corrected chi connectivity index (χ0v) is 14.5. The lowest BCUT2D eigenvalue weighted by molar-refractivity contribution is -0.681. The monoisotopic (exact) mass is 336 g/mol. The number of methoxy groups -OCH3 is 1. The van der Waals surface area contributed by atoms with Gasteiger partial charge in [-0.15, -0.1) is 0 Å². The van der Waals surface area contributed by atoms with Crippen LogP contribution in [-0.2, 0) is 11.3 Å². The Kier molecular flexibility index (Phi) is 4.84. The quantitative estimate of drug-likeness (QED) is 0.704. The molecule has 0 aliphatic rings. The third-order valence-electron chi connectivity index (χ3n) is 4.31. The van der Waals surface area contributed by atoms with Crippen LogP contribution in [-0.4, -0.2) is 17.6 Å². The summed E-state index contributed by atoms with van der Waals surface area (Å²) in [6, 6.07) is 15.3. The van der Waals surface area contributed by atoms with Crippen molar-refractivity contribution in [2.45, 2.75) is 19.5 Å². The Morgan fingerprint density at radius 2 is 2.00 bits per heavy atom. The average molecular weight is 336 g/mol. The first kappa shape index (κ1) is 16.8. The van der Waals surface area contributed by atoms with E-state index in [-0.39, 0.29) is 11.9 Å². The highest BCUT2D eigenvalue weighted by molar-refractivity contribution is 5.80. The van der Waals surface area contributed by atoms with Gasteiger partial charge in [0.2, 0.25) is 6.33 Å². The molecule has 0 aliphatic carbocycles. The second-order valence-corrected chi connectivity index (χ2v) is 5.84. The van der Waals surface area contributed by atoms with Gasteiger partial charge in [-0.1, -0.05) is 30.8 Å². The van der Waals surface area contributed by atoms with E-state index >= 15 is 0 Å². The summed E-state index contributed by atoms with van der Waals surface area (Å²) < 4.78 is 9.02. The molecule has 1 heterocycles. The van der Waals surface area contributed by atoms with E-state index in [0.717, 1.165) is 22.3 Å². The molecule has 0 saturated carbocycles. The molecule has 0 radical (unpaired) electrons. The van der Waals surface area contributed by atoms with Crippen molar-refractivity contribution in [3.63, 3.8) is 0 Å². The predicted molar refractivity (Wildman–Crippen MR) is 98.1 cm³/mol. The third kappa shape index (κ3) is 3.40. The van der Waals surface area contributed by atoms with E-state index in [1.165, 1.54) is 0 Å². The Bertz CT molecular complexity index is 897. The van der Waals surface area contributed by atoms with Crippen molar-refractivity contribution in [2.75, 3.05) is 7.11 Å². The van der Waals surface area contributed by atoms with Gasteiger partial charge in [0.25, 0.3) is 5.91 Å². The van der Waals surface area contributed by atoms with Gasteiger partial charge in [0.15, 0.2) is 17.1 Å². The van der Waals surface area contributed by atoms with Gasteiger partial charge in [0.1, 0.15) is 5.75 Å². The topological polar surface area (TPSA) is 47.1 Å². The summed E-state index contributed by atoms with van der Waals surface area (Å²) in [6.07, 6.45) is 3.64. The minimum Gasteiger partial charge on any atom is -0.497 e. The molecule has 2 aromatic carbocycles. The number of nitrogens with zero attached hydrogens (tertiary/aromatic N) is 2. The molecule has 0 bridgehead atoms. The maximum absolute atomic E-state index is 12.6. The number of ether oxygens (including phenoxy) is 1. The van der Waals surface area contributed by atoms with Gasteiger partial charge in [0.05, 0.1) is 13.3 Å². The molecule has 1 atom stereocenters. The molecule has 0 spiro atoms. The Morgan fingerprint density at radius 3 is 2.68 bits per heavy atom. The van der Waals surface area contributed by atoms with Crippen LogP contribution in [0.5, 0.6) is 5.75 Å². The fraction of sp³-hybridized carbons (Fsp3) is 0.200. The molecule has 0 unspecified atom stereocenters. The Hall–Kier alpha value is -3.08. The van der Waals surface area contributed by atoms with Crippen LogP contribution in [0, 0.1) is 0 Å². The van der Waals surface area contributed by atoms with Crippen molar-refractivity contribution >= 4 is 23.1 Å². The van der Waals surface area contributed by atoms with Crippen molar-refractivity contribution in [1.29, 1.82) is 0 Å². The fourth-order valence-corrected chi connectivity index (χ4v) is 2.82. The fourth-order valence-electron chi connectivity index (χ4n) is 2.82. The maximum atomic E-state index is 12.6. The van der Waals surface area contributed by atoms with Crippen molar-refractivity contribution in [3.05, 3.63) is 67.0 Å². The van der Waals surface area contributed by atoms with Gasteiger partial charge in [0, 0.05) is 6.54 Å². The van der Waals surface area contributed by atoms with Crippen LogP contribution in [0.2, 0.25) is 0 Å². The van der Waals surface area contributed by atoms with E-state index < -0.39 is 0 Å². The van der Waals surface area contributed by atoms with Gasteiger partial charge in [-0.2, -0.15) is 0 Å². The normalized spacial score (nSPS) is 11.9. The third-order valence-corrected chi connectivity index (χ3v) is 4.31. The molecule has 0 saturated heterocycles. The van der Waals surface area contributed by atoms with Gasteiger partial charge < -0.3 is 10.1 Å². The van der Waals surface area contributed by atoms with E-state index in [0.29, 0.717) is 6.54 Å². The number of para-hydroxylation sites is 2. The minimum absolute atomic E-state index is 0.0345. The summed E-state index contributed by atoms with van der Waals surface area (Å²) in [5.41, 5.74) is 3.04. The molecule has 25 heavy (non-hydrogen) atoms. The Labute approximate surface area is 147 Å². The zero-order valence-electron chi connectivity index (χ0n) is 14.5. The first-order chi connectivity index (χ1) is 12.1. The molecule has 1 N–H and O–H groups in total. The van der Waals surface area contributed by atoms with Crippen molar-refractivity contribution in [1.82, 2.24) is 9.88 Å². The zero-order chi connectivity index (χ0) is 17.8. The lowest BCUT2D eigenvalue weighted by Gasteiger charge is -2.10. The summed E-state index contributed by atoms with van der Waals surface area (Å²) in [5.74, 6) is 0.768. The Balaban J connectivity index is 1.75. The van der Waals surface area contributed by atoms with Crippen LogP contribution < -0.4 is 14.6 Å². The van der Waals surface area contributed by atoms with E-state index in [9.17, 15) is 4.79 Å². The lowest BCUT2D eigenvalue weighted by Crippen LogP contribution is -2.46. The van der Waals surface area contributed by atoms with Crippen LogP contribution in [0.4, 0.5) is 0 Å². The summed E-state index contributed by atoms with van der Waals surface area (Å²) in [6.45, 7) is 6.20. The van der Waals surface area contributed by atoms with Crippen molar-refractivity contribution < 1.29 is 14.1 Å². The highest BCUT2D eigenvalue weighted by Crippen LogP contribution is 2.14. The number of aromatic nitrogens is 2. The number of benzene rings is 2. The number of nitrogens with one attached hydrogen (secondary N) is 1. The average Bonchev–Trinajstić information content (AvgIpc) is 3.04. The van der Waals surface area contributed by atoms with Gasteiger partial charge in [-0.05, 0) is 36.8 Å². The number of hydrogen-bond donors (Lipinski definition) is 1. The van der Waals surface area contributed by atoms with Crippen molar-refractivity contribution in [2.24, 2.45) is 0 Å². The second-order valence-electron chi connectivity index (χ2n) is 5.84. The van der Waals surface area contributed by atoms with Gasteiger partial charge in [-0.25, -0.2) is 9.13 Å². The molecule has 3 aromatic rings. The number of imidazole rings is 1. The molecule has 5 nitrogen and oxygen atoms in total. The molecule has 0 aliphatic heterocycles. The molecule has 3 rings (SSSR count). The van der Waals surface area contributed by atoms with Gasteiger partial charge in [-0.3, -0.25) is 4.79 Å². The number of fused-ring (bicyclic) bond motifs is 1. The smallest absolute Gasteiger partial charge is 0.265 e. The summed E-state index contributed by atoms with van der Waals surface area (Å²) in [7, 11) is 1.63. The molecule has 1 amide bonds. The molecule has 0 fully saturated rings.